The van der Waals surface area contributed by atoms with E-state index in [0.717, 1.165) is 4.90 Å². The fraction of sp³-hybridized carbons (Fsp3) is 0.600. The van der Waals surface area contributed by atoms with Gasteiger partial charge in [0, 0.05) is 12.2 Å². The highest BCUT2D eigenvalue weighted by Crippen LogP contribution is 2.34. The van der Waals surface area contributed by atoms with Crippen LogP contribution in [0.15, 0.2) is 24.3 Å². The van der Waals surface area contributed by atoms with Crippen LogP contribution in [0.25, 0.3) is 0 Å². The van der Waals surface area contributed by atoms with Crippen molar-refractivity contribution in [2.45, 2.75) is 84.2 Å². The predicted octanol–water partition coefficient (Wildman–Crippen LogP) is 2.17. The summed E-state index contributed by atoms with van der Waals surface area (Å²) in [5.41, 5.74) is 3.81. The van der Waals surface area contributed by atoms with E-state index < -0.39 is 77.1 Å². The van der Waals surface area contributed by atoms with Gasteiger partial charge in [0.25, 0.3) is 17.6 Å². The van der Waals surface area contributed by atoms with Gasteiger partial charge < -0.3 is 31.3 Å². The molecule has 1 saturated heterocycles. The molecule has 4 atom stereocenters. The number of nitrogens with one attached hydrogen (secondary N) is 3. The third-order valence-electron chi connectivity index (χ3n) is 7.73. The molecule has 0 aromatic heterocycles. The van der Waals surface area contributed by atoms with Gasteiger partial charge in [-0.3, -0.25) is 24.0 Å². The first-order valence-electron chi connectivity index (χ1n) is 14.6. The number of nitrogens with zero attached hydrogens (tertiary/aromatic N) is 1. The number of ether oxygens (including phenoxy) is 1. The standard InChI is InChI=1S/C30H42F3N5O7/c1-15(2)20(34)24(40)36-22(17(5)6)25(41)38-14-8-13-29(38,28(44)37-21(16(3)4)23(39)30(31,32)33)27(43)35-19-11-9-18(10-12-19)26(42)45-7/h9-12,15-17,20-22H,8,13-14,34H2,1-7H3,(H,35,43)(H,36,40)(H,37,44)/t20-,21?,22-,29+/m0/s1. The number of anilines is 1. The van der Waals surface area contributed by atoms with Gasteiger partial charge in [-0.15, -0.1) is 0 Å². The Morgan fingerprint density at radius 1 is 0.867 bits per heavy atom. The first-order valence-corrected chi connectivity index (χ1v) is 14.6. The maximum absolute atomic E-state index is 14.1. The van der Waals surface area contributed by atoms with E-state index in [9.17, 15) is 41.9 Å². The molecule has 1 heterocycles. The number of methoxy groups -OCH3 is 1. The number of alkyl halides is 3. The largest absolute Gasteiger partial charge is 0.465 e. The zero-order valence-electron chi connectivity index (χ0n) is 26.4. The zero-order valence-corrected chi connectivity index (χ0v) is 26.4. The van der Waals surface area contributed by atoms with Crippen molar-refractivity contribution in [1.29, 1.82) is 0 Å². The van der Waals surface area contributed by atoms with Gasteiger partial charge in [-0.05, 0) is 54.9 Å². The van der Waals surface area contributed by atoms with E-state index in [1.807, 2.05) is 0 Å². The Balaban J connectivity index is 2.61. The summed E-state index contributed by atoms with van der Waals surface area (Å²) in [5, 5.41) is 7.21. The molecular formula is C30H42F3N5O7. The van der Waals surface area contributed by atoms with Gasteiger partial charge in [0.1, 0.15) is 6.04 Å². The van der Waals surface area contributed by atoms with Crippen LogP contribution in [0.3, 0.4) is 0 Å². The summed E-state index contributed by atoms with van der Waals surface area (Å²) in [5.74, 6) is -8.55. The second-order valence-electron chi connectivity index (χ2n) is 12.0. The Morgan fingerprint density at radius 3 is 1.89 bits per heavy atom. The van der Waals surface area contributed by atoms with E-state index in [4.69, 9.17) is 5.73 Å². The molecule has 1 aromatic carbocycles. The smallest absolute Gasteiger partial charge is 0.452 e. The van der Waals surface area contributed by atoms with Crippen molar-refractivity contribution < 1.29 is 46.7 Å². The number of rotatable bonds is 12. The Bertz CT molecular complexity index is 1280. The number of nitrogens with two attached hydrogens (primary N) is 1. The van der Waals surface area contributed by atoms with Gasteiger partial charge in [0.2, 0.25) is 17.4 Å². The Labute approximate surface area is 260 Å². The molecule has 0 saturated carbocycles. The molecule has 0 bridgehead atoms. The van der Waals surface area contributed by atoms with Gasteiger partial charge in [0.15, 0.2) is 0 Å². The normalized spacial score (nSPS) is 18.8. The highest BCUT2D eigenvalue weighted by molar-refractivity contribution is 6.18. The highest BCUT2D eigenvalue weighted by atomic mass is 19.4. The van der Waals surface area contributed by atoms with E-state index >= 15 is 0 Å². The van der Waals surface area contributed by atoms with Crippen LogP contribution in [0.4, 0.5) is 18.9 Å². The van der Waals surface area contributed by atoms with Gasteiger partial charge in [0.05, 0.1) is 24.8 Å². The fourth-order valence-electron chi connectivity index (χ4n) is 4.94. The van der Waals surface area contributed by atoms with Crippen molar-refractivity contribution in [3.05, 3.63) is 29.8 Å². The lowest BCUT2D eigenvalue weighted by molar-refractivity contribution is -0.175. The maximum Gasteiger partial charge on any atom is 0.452 e. The van der Waals surface area contributed by atoms with Gasteiger partial charge >= 0.3 is 12.1 Å². The molecule has 0 spiro atoms. The average molecular weight is 642 g/mol. The number of amides is 4. The Kier molecular flexibility index (Phi) is 12.3. The van der Waals surface area contributed by atoms with Gasteiger partial charge in [-0.25, -0.2) is 4.79 Å². The molecule has 5 N–H and O–H groups in total. The van der Waals surface area contributed by atoms with Crippen LogP contribution in [0.1, 0.15) is 64.7 Å². The number of esters is 1. The molecule has 4 amide bonds. The van der Waals surface area contributed by atoms with Crippen LogP contribution in [0.5, 0.6) is 0 Å². The number of hydrogen-bond donors (Lipinski definition) is 4. The lowest BCUT2D eigenvalue weighted by atomic mass is 9.89. The maximum atomic E-state index is 14.1. The number of benzene rings is 1. The summed E-state index contributed by atoms with van der Waals surface area (Å²) >= 11 is 0. The molecular weight excluding hydrogens is 599 g/mol. The number of halogens is 3. The van der Waals surface area contributed by atoms with E-state index in [-0.39, 0.29) is 36.6 Å². The molecule has 250 valence electrons. The van der Waals surface area contributed by atoms with E-state index in [1.165, 1.54) is 45.2 Å². The number of ketones is 1. The lowest BCUT2D eigenvalue weighted by Gasteiger charge is -2.39. The minimum absolute atomic E-state index is 0.0949. The first kappa shape index (κ1) is 37.2. The van der Waals surface area contributed by atoms with E-state index in [0.29, 0.717) is 0 Å². The monoisotopic (exact) mass is 641 g/mol. The zero-order chi connectivity index (χ0) is 34.4. The van der Waals surface area contributed by atoms with Crippen LogP contribution in [-0.4, -0.2) is 83.8 Å². The summed E-state index contributed by atoms with van der Waals surface area (Å²) in [7, 11) is 1.18. The van der Waals surface area contributed by atoms with E-state index in [2.05, 4.69) is 20.7 Å². The third kappa shape index (κ3) is 8.38. The topological polar surface area (TPSA) is 177 Å². The second-order valence-corrected chi connectivity index (χ2v) is 12.0. The van der Waals surface area contributed by atoms with E-state index in [1.54, 1.807) is 27.7 Å². The summed E-state index contributed by atoms with van der Waals surface area (Å²) < 4.78 is 45.0. The van der Waals surface area contributed by atoms with Crippen molar-refractivity contribution in [2.24, 2.45) is 23.5 Å². The second kappa shape index (κ2) is 14.8. The first-order chi connectivity index (χ1) is 20.8. The number of hydrogen-bond acceptors (Lipinski definition) is 8. The number of likely N-dealkylation sites (tertiary alicyclic amines) is 1. The quantitative estimate of drug-likeness (QED) is 0.198. The Hall–Kier alpha value is -4.01. The fourth-order valence-corrected chi connectivity index (χ4v) is 4.94. The molecule has 1 fully saturated rings. The molecule has 1 unspecified atom stereocenters. The summed E-state index contributed by atoms with van der Waals surface area (Å²) in [6, 6.07) is 1.08. The van der Waals surface area contributed by atoms with Gasteiger partial charge in [-0.1, -0.05) is 41.5 Å². The molecule has 1 aliphatic rings. The van der Waals surface area contributed by atoms with Crippen molar-refractivity contribution in [2.75, 3.05) is 19.0 Å². The molecule has 0 aliphatic carbocycles. The van der Waals surface area contributed by atoms with Crippen molar-refractivity contribution in [3.8, 4) is 0 Å². The summed E-state index contributed by atoms with van der Waals surface area (Å²) in [6.45, 7) is 9.11. The number of carbonyl (C=O) groups is 6. The SMILES string of the molecule is COC(=O)c1ccc(NC(=O)[C@@]2(C(=O)NC(C(=O)C(F)(F)F)C(C)C)CCCN2C(=O)[C@@H](NC(=O)[C@@H](N)C(C)C)C(C)C)cc1. The molecule has 2 rings (SSSR count). The molecule has 15 heteroatoms. The minimum atomic E-state index is -5.29. The average Bonchev–Trinajstić information content (AvgIpc) is 3.43. The number of Topliss-reactive ketones (excluding diaryl/α,β-unsaturated/α-hetero) is 1. The van der Waals surface area contributed by atoms with Crippen LogP contribution < -0.4 is 21.7 Å². The summed E-state index contributed by atoms with van der Waals surface area (Å²) in [6.07, 6.45) is -5.49. The highest BCUT2D eigenvalue weighted by Gasteiger charge is 2.58. The van der Waals surface area contributed by atoms with Gasteiger partial charge in [-0.2, -0.15) is 13.2 Å². The molecule has 45 heavy (non-hydrogen) atoms. The van der Waals surface area contributed by atoms with Crippen molar-refractivity contribution in [3.63, 3.8) is 0 Å². The van der Waals surface area contributed by atoms with Crippen LogP contribution in [0, 0.1) is 17.8 Å². The van der Waals surface area contributed by atoms with Crippen LogP contribution in [-0.2, 0) is 28.7 Å². The minimum Gasteiger partial charge on any atom is -0.465 e. The lowest BCUT2D eigenvalue weighted by Crippen LogP contribution is -2.68. The van der Waals surface area contributed by atoms with Crippen LogP contribution >= 0.6 is 0 Å². The van der Waals surface area contributed by atoms with Crippen molar-refractivity contribution in [1.82, 2.24) is 15.5 Å². The summed E-state index contributed by atoms with van der Waals surface area (Å²) in [4.78, 5) is 80.0. The Morgan fingerprint density at radius 2 is 1.42 bits per heavy atom. The predicted molar refractivity (Wildman–Crippen MR) is 158 cm³/mol. The third-order valence-corrected chi connectivity index (χ3v) is 7.73. The molecule has 1 aromatic rings. The molecule has 12 nitrogen and oxygen atoms in total. The number of carbonyl (C=O) groups excluding carboxylic acids is 6. The van der Waals surface area contributed by atoms with Crippen molar-refractivity contribution >= 4 is 41.1 Å². The van der Waals surface area contributed by atoms with Crippen LogP contribution in [0.2, 0.25) is 0 Å². The molecule has 1 aliphatic heterocycles. The molecule has 0 radical (unpaired) electrons.